The van der Waals surface area contributed by atoms with Crippen molar-refractivity contribution in [3.8, 4) is 0 Å². The number of nitrogens with zero attached hydrogens (tertiary/aromatic N) is 1. The van der Waals surface area contributed by atoms with Crippen LogP contribution in [0.1, 0.15) is 24.5 Å². The van der Waals surface area contributed by atoms with Gasteiger partial charge in [-0.2, -0.15) is 0 Å². The van der Waals surface area contributed by atoms with Crippen molar-refractivity contribution in [2.75, 3.05) is 18.1 Å². The average molecular weight is 324 g/mol. The van der Waals surface area contributed by atoms with E-state index >= 15 is 0 Å². The largest absolute Gasteiger partial charge is 0.386 e. The Hall–Kier alpha value is -1.89. The van der Waals surface area contributed by atoms with Crippen LogP contribution in [0.5, 0.6) is 0 Å². The Kier molecular flexibility index (Phi) is 5.54. The van der Waals surface area contributed by atoms with E-state index in [2.05, 4.69) is 17.4 Å². The van der Waals surface area contributed by atoms with E-state index in [9.17, 15) is 13.2 Å². The highest BCUT2D eigenvalue weighted by Crippen LogP contribution is 2.10. The van der Waals surface area contributed by atoms with Gasteiger partial charge >= 0.3 is 0 Å². The first-order chi connectivity index (χ1) is 10.5. The molecule has 0 aromatic heterocycles. The lowest BCUT2D eigenvalue weighted by atomic mass is 10.1. The molecule has 1 aliphatic heterocycles. The van der Waals surface area contributed by atoms with Gasteiger partial charge in [-0.25, -0.2) is 8.42 Å². The predicted octanol–water partition coefficient (Wildman–Crippen LogP) is 0.903. The van der Waals surface area contributed by atoms with Crippen molar-refractivity contribution in [1.29, 1.82) is 0 Å². The molecule has 1 fully saturated rings. The molecule has 7 heteroatoms. The van der Waals surface area contributed by atoms with E-state index in [1.807, 2.05) is 24.3 Å². The third kappa shape index (κ3) is 5.14. The van der Waals surface area contributed by atoms with Crippen molar-refractivity contribution in [2.24, 2.45) is 5.16 Å². The molecular weight excluding hydrogens is 304 g/mol. The van der Waals surface area contributed by atoms with Gasteiger partial charge < -0.3 is 10.2 Å². The van der Waals surface area contributed by atoms with Crippen molar-refractivity contribution >= 4 is 22.0 Å². The van der Waals surface area contributed by atoms with Crippen LogP contribution < -0.4 is 5.32 Å². The molecule has 22 heavy (non-hydrogen) atoms. The maximum absolute atomic E-state index is 11.6. The molecule has 2 rings (SSSR count). The second kappa shape index (κ2) is 7.40. The summed E-state index contributed by atoms with van der Waals surface area (Å²) in [6.07, 6.45) is 2.97. The molecule has 1 amide bonds. The van der Waals surface area contributed by atoms with Gasteiger partial charge in [0.1, 0.15) is 0 Å². The van der Waals surface area contributed by atoms with Gasteiger partial charge in [0.15, 0.2) is 16.4 Å². The van der Waals surface area contributed by atoms with Gasteiger partial charge in [0.2, 0.25) is 0 Å². The number of aryl methyl sites for hydroxylation is 1. The molecule has 0 bridgehead atoms. The number of benzene rings is 1. The lowest BCUT2D eigenvalue weighted by molar-refractivity contribution is -0.126. The minimum absolute atomic E-state index is 0.00574. The zero-order valence-electron chi connectivity index (χ0n) is 12.5. The van der Waals surface area contributed by atoms with Gasteiger partial charge in [-0.15, -0.1) is 0 Å². The number of hydrogen-bond acceptors (Lipinski definition) is 5. The first-order valence-electron chi connectivity index (χ1n) is 7.22. The smallest absolute Gasteiger partial charge is 0.261 e. The van der Waals surface area contributed by atoms with Crippen molar-refractivity contribution in [3.63, 3.8) is 0 Å². The van der Waals surface area contributed by atoms with Gasteiger partial charge in [-0.05, 0) is 24.0 Å². The highest BCUT2D eigenvalue weighted by molar-refractivity contribution is 7.91. The molecule has 1 aromatic rings. The number of rotatable bonds is 6. The predicted molar refractivity (Wildman–Crippen MR) is 84.6 cm³/mol. The quantitative estimate of drug-likeness (QED) is 0.622. The fourth-order valence-electron chi connectivity index (χ4n) is 2.21. The highest BCUT2D eigenvalue weighted by atomic mass is 32.2. The van der Waals surface area contributed by atoms with Gasteiger partial charge in [-0.1, -0.05) is 36.3 Å². The van der Waals surface area contributed by atoms with E-state index in [1.54, 1.807) is 0 Å². The number of oxime groups is 1. The van der Waals surface area contributed by atoms with Gasteiger partial charge in [0.25, 0.3) is 5.91 Å². The fourth-order valence-corrected chi connectivity index (χ4v) is 3.88. The van der Waals surface area contributed by atoms with Crippen molar-refractivity contribution in [3.05, 3.63) is 35.4 Å². The number of carbonyl (C=O) groups is 1. The van der Waals surface area contributed by atoms with E-state index in [1.165, 1.54) is 11.8 Å². The third-order valence-corrected chi connectivity index (χ3v) is 5.23. The number of amides is 1. The number of sulfone groups is 1. The summed E-state index contributed by atoms with van der Waals surface area (Å²) >= 11 is 0. The van der Waals surface area contributed by atoms with Crippen LogP contribution in [-0.4, -0.2) is 44.7 Å². The van der Waals surface area contributed by atoms with E-state index in [0.29, 0.717) is 6.42 Å². The minimum atomic E-state index is -2.99. The SMILES string of the molecule is CCc1ccc(/C=N\OCC(=O)N[C@@H]2CCS(=O)(=O)C2)cc1. The van der Waals surface area contributed by atoms with Crippen LogP contribution >= 0.6 is 0 Å². The summed E-state index contributed by atoms with van der Waals surface area (Å²) in [5, 5.41) is 6.37. The molecular formula is C15H20N2O4S. The lowest BCUT2D eigenvalue weighted by Gasteiger charge is -2.09. The van der Waals surface area contributed by atoms with Crippen LogP contribution in [-0.2, 0) is 25.9 Å². The summed E-state index contributed by atoms with van der Waals surface area (Å²) in [6, 6.07) is 7.56. The summed E-state index contributed by atoms with van der Waals surface area (Å²) in [7, 11) is -2.99. The minimum Gasteiger partial charge on any atom is -0.386 e. The molecule has 6 nitrogen and oxygen atoms in total. The zero-order valence-corrected chi connectivity index (χ0v) is 13.3. The molecule has 1 atom stereocenters. The topological polar surface area (TPSA) is 84.8 Å². The Morgan fingerprint density at radius 1 is 1.41 bits per heavy atom. The molecule has 1 aliphatic rings. The molecule has 0 radical (unpaired) electrons. The normalized spacial score (nSPS) is 20.1. The van der Waals surface area contributed by atoms with Gasteiger partial charge in [-0.3, -0.25) is 4.79 Å². The van der Waals surface area contributed by atoms with Crippen molar-refractivity contribution in [1.82, 2.24) is 5.32 Å². The lowest BCUT2D eigenvalue weighted by Crippen LogP contribution is -2.37. The zero-order chi connectivity index (χ0) is 16.0. The Morgan fingerprint density at radius 3 is 2.73 bits per heavy atom. The molecule has 0 spiro atoms. The summed E-state index contributed by atoms with van der Waals surface area (Å²) in [5.74, 6) is -0.225. The molecule has 1 N–H and O–H groups in total. The Bertz CT molecular complexity index is 638. The number of carbonyl (C=O) groups excluding carboxylic acids is 1. The van der Waals surface area contributed by atoms with Crippen LogP contribution in [0.15, 0.2) is 29.4 Å². The molecule has 0 aliphatic carbocycles. The number of nitrogens with one attached hydrogen (secondary N) is 1. The van der Waals surface area contributed by atoms with E-state index < -0.39 is 9.84 Å². The summed E-state index contributed by atoms with van der Waals surface area (Å²) in [5.41, 5.74) is 2.13. The Balaban J connectivity index is 1.71. The Labute approximate surface area is 130 Å². The number of hydrogen-bond donors (Lipinski definition) is 1. The third-order valence-electron chi connectivity index (χ3n) is 3.46. The van der Waals surface area contributed by atoms with Crippen molar-refractivity contribution < 1.29 is 18.0 Å². The standard InChI is InChI=1S/C15H20N2O4S/c1-2-12-3-5-13(6-4-12)9-16-21-10-15(18)17-14-7-8-22(19,20)11-14/h3-6,9,14H,2,7-8,10-11H2,1H3,(H,17,18)/b16-9-/t14-/m1/s1. The van der Waals surface area contributed by atoms with E-state index in [0.717, 1.165) is 12.0 Å². The Morgan fingerprint density at radius 2 is 2.14 bits per heavy atom. The molecule has 0 saturated carbocycles. The van der Waals surface area contributed by atoms with Crippen LogP contribution in [0, 0.1) is 0 Å². The van der Waals surface area contributed by atoms with Crippen LogP contribution in [0.2, 0.25) is 0 Å². The first-order valence-corrected chi connectivity index (χ1v) is 9.05. The fraction of sp³-hybridized carbons (Fsp3) is 0.467. The maximum Gasteiger partial charge on any atom is 0.261 e. The van der Waals surface area contributed by atoms with Crippen LogP contribution in [0.25, 0.3) is 0 Å². The monoisotopic (exact) mass is 324 g/mol. The van der Waals surface area contributed by atoms with Crippen molar-refractivity contribution in [2.45, 2.75) is 25.8 Å². The first kappa shape index (κ1) is 16.5. The maximum atomic E-state index is 11.6. The van der Waals surface area contributed by atoms with E-state index in [4.69, 9.17) is 4.84 Å². The molecule has 1 saturated heterocycles. The second-order valence-corrected chi connectivity index (χ2v) is 7.50. The highest BCUT2D eigenvalue weighted by Gasteiger charge is 2.28. The molecule has 1 aromatic carbocycles. The average Bonchev–Trinajstić information content (AvgIpc) is 2.83. The summed E-state index contributed by atoms with van der Waals surface area (Å²) in [6.45, 7) is 1.86. The van der Waals surface area contributed by atoms with Gasteiger partial charge in [0.05, 0.1) is 17.7 Å². The summed E-state index contributed by atoms with van der Waals surface area (Å²) < 4.78 is 22.6. The molecule has 0 unspecified atom stereocenters. The van der Waals surface area contributed by atoms with Crippen LogP contribution in [0.4, 0.5) is 0 Å². The van der Waals surface area contributed by atoms with Crippen LogP contribution in [0.3, 0.4) is 0 Å². The second-order valence-electron chi connectivity index (χ2n) is 5.27. The van der Waals surface area contributed by atoms with Gasteiger partial charge in [0, 0.05) is 6.04 Å². The molecule has 120 valence electrons. The van der Waals surface area contributed by atoms with E-state index in [-0.39, 0.29) is 30.1 Å². The molecule has 1 heterocycles. The summed E-state index contributed by atoms with van der Waals surface area (Å²) in [4.78, 5) is 16.5.